The fourth-order valence-corrected chi connectivity index (χ4v) is 1.13. The quantitative estimate of drug-likeness (QED) is 0.589. The molecule has 0 aliphatic carbocycles. The van der Waals surface area contributed by atoms with Crippen molar-refractivity contribution in [3.05, 3.63) is 11.9 Å². The molecule has 0 bridgehead atoms. The van der Waals surface area contributed by atoms with Crippen molar-refractivity contribution in [1.82, 2.24) is 4.90 Å². The van der Waals surface area contributed by atoms with Gasteiger partial charge in [0.1, 0.15) is 0 Å². The molecule has 0 saturated carbocycles. The third-order valence-corrected chi connectivity index (χ3v) is 1.92. The Morgan fingerprint density at radius 1 is 1.42 bits per heavy atom. The summed E-state index contributed by atoms with van der Waals surface area (Å²) in [6.07, 6.45) is 2.27. The van der Waals surface area contributed by atoms with Gasteiger partial charge in [-0.15, -0.1) is 0 Å². The van der Waals surface area contributed by atoms with E-state index in [0.29, 0.717) is 12.5 Å². The molecular formula is C10H20FN. The Hall–Kier alpha value is -0.370. The van der Waals surface area contributed by atoms with Gasteiger partial charge in [0.2, 0.25) is 0 Å². The van der Waals surface area contributed by atoms with Crippen LogP contribution in [0, 0.1) is 0 Å². The van der Waals surface area contributed by atoms with Crippen LogP contribution in [0.15, 0.2) is 11.9 Å². The van der Waals surface area contributed by atoms with Crippen LogP contribution in [-0.2, 0) is 0 Å². The third kappa shape index (κ3) is 3.86. The lowest BCUT2D eigenvalue weighted by Crippen LogP contribution is -2.34. The lowest BCUT2D eigenvalue weighted by atomic mass is 10.2. The number of nitrogens with zero attached hydrogens (tertiary/aromatic N) is 1. The summed E-state index contributed by atoms with van der Waals surface area (Å²) in [6.45, 7) is 9.93. The van der Waals surface area contributed by atoms with E-state index < -0.39 is 0 Å². The van der Waals surface area contributed by atoms with Crippen molar-refractivity contribution < 1.29 is 4.39 Å². The molecule has 0 fully saturated rings. The average Bonchev–Trinajstić information content (AvgIpc) is 2.09. The van der Waals surface area contributed by atoms with Gasteiger partial charge in [0.05, 0.1) is 5.83 Å². The van der Waals surface area contributed by atoms with Gasteiger partial charge in [-0.05, 0) is 19.9 Å². The van der Waals surface area contributed by atoms with E-state index >= 15 is 0 Å². The first-order valence-electron chi connectivity index (χ1n) is 4.78. The maximum Gasteiger partial charge on any atom is 0.0985 e. The minimum absolute atomic E-state index is 0.0527. The minimum atomic E-state index is 0.0527. The zero-order valence-corrected chi connectivity index (χ0v) is 8.60. The van der Waals surface area contributed by atoms with E-state index in [1.807, 2.05) is 13.8 Å². The van der Waals surface area contributed by atoms with Crippen LogP contribution in [0.4, 0.5) is 4.39 Å². The Kier molecular flexibility index (Phi) is 5.99. The highest BCUT2D eigenvalue weighted by molar-refractivity contribution is 4.99. The molecule has 0 N–H and O–H groups in total. The molecule has 0 atom stereocenters. The predicted octanol–water partition coefficient (Wildman–Crippen LogP) is 2.98. The number of hydrogen-bond donors (Lipinski definition) is 0. The molecule has 0 saturated heterocycles. The van der Waals surface area contributed by atoms with Gasteiger partial charge >= 0.3 is 0 Å². The van der Waals surface area contributed by atoms with Crippen LogP contribution in [0.3, 0.4) is 0 Å². The Labute approximate surface area is 75.3 Å². The zero-order chi connectivity index (χ0) is 9.56. The van der Waals surface area contributed by atoms with Crippen molar-refractivity contribution in [3.8, 4) is 0 Å². The molecule has 0 unspecified atom stereocenters. The second-order valence-corrected chi connectivity index (χ2v) is 2.99. The van der Waals surface area contributed by atoms with Crippen LogP contribution < -0.4 is 0 Å². The molecule has 1 aliphatic heterocycles. The van der Waals surface area contributed by atoms with E-state index in [9.17, 15) is 4.39 Å². The van der Waals surface area contributed by atoms with Crippen LogP contribution in [0.1, 0.15) is 34.1 Å². The Morgan fingerprint density at radius 2 is 2.00 bits per heavy atom. The van der Waals surface area contributed by atoms with Gasteiger partial charge in [-0.2, -0.15) is 0 Å². The van der Waals surface area contributed by atoms with E-state index in [1.165, 1.54) is 0 Å². The fourth-order valence-electron chi connectivity index (χ4n) is 1.13. The minimum Gasteiger partial charge on any atom is -0.297 e. The third-order valence-electron chi connectivity index (χ3n) is 1.92. The van der Waals surface area contributed by atoms with Gasteiger partial charge in [0.25, 0.3) is 0 Å². The second kappa shape index (κ2) is 6.18. The lowest BCUT2D eigenvalue weighted by Gasteiger charge is -2.27. The number of halogens is 1. The smallest absolute Gasteiger partial charge is 0.0985 e. The maximum atomic E-state index is 12.5. The lowest BCUT2D eigenvalue weighted by molar-refractivity contribution is 0.229. The molecule has 0 aromatic carbocycles. The molecule has 0 amide bonds. The van der Waals surface area contributed by atoms with Crippen molar-refractivity contribution in [2.45, 2.75) is 40.2 Å². The Morgan fingerprint density at radius 3 is 2.33 bits per heavy atom. The highest BCUT2D eigenvalue weighted by Crippen LogP contribution is 2.12. The monoisotopic (exact) mass is 173 g/mol. The van der Waals surface area contributed by atoms with E-state index in [0.717, 1.165) is 13.1 Å². The van der Waals surface area contributed by atoms with Crippen molar-refractivity contribution in [1.29, 1.82) is 0 Å². The predicted molar refractivity (Wildman–Crippen MR) is 51.9 cm³/mol. The van der Waals surface area contributed by atoms with E-state index in [4.69, 9.17) is 0 Å². The molecule has 0 aromatic rings. The maximum absolute atomic E-state index is 12.5. The first kappa shape index (κ1) is 11.6. The average molecular weight is 173 g/mol. The van der Waals surface area contributed by atoms with Crippen molar-refractivity contribution in [2.24, 2.45) is 0 Å². The van der Waals surface area contributed by atoms with Gasteiger partial charge in [-0.25, -0.2) is 4.39 Å². The Bertz CT molecular complexity index is 141. The Balaban J connectivity index is 0.000000561. The van der Waals surface area contributed by atoms with Gasteiger partial charge < -0.3 is 0 Å². The largest absolute Gasteiger partial charge is 0.297 e. The van der Waals surface area contributed by atoms with Crippen LogP contribution in [0.2, 0.25) is 0 Å². The van der Waals surface area contributed by atoms with Crippen molar-refractivity contribution in [3.63, 3.8) is 0 Å². The molecule has 72 valence electrons. The summed E-state index contributed by atoms with van der Waals surface area (Å²) < 4.78 is 12.5. The van der Waals surface area contributed by atoms with Crippen LogP contribution in [0.25, 0.3) is 0 Å². The van der Waals surface area contributed by atoms with Gasteiger partial charge in [0.15, 0.2) is 0 Å². The number of hydrogen-bond acceptors (Lipinski definition) is 1. The van der Waals surface area contributed by atoms with E-state index in [1.54, 1.807) is 6.08 Å². The summed E-state index contributed by atoms with van der Waals surface area (Å²) in [6, 6.07) is 0.546. The SMILES string of the molecule is CC.CC(C)N1CC=C(F)CC1. The number of rotatable bonds is 1. The standard InChI is InChI=1S/C8H14FN.C2H6/c1-7(2)10-5-3-8(9)4-6-10;1-2/h3,7H,4-6H2,1-2H3;1-2H3. The highest BCUT2D eigenvalue weighted by Gasteiger charge is 2.12. The molecule has 12 heavy (non-hydrogen) atoms. The zero-order valence-electron chi connectivity index (χ0n) is 8.60. The molecule has 0 aromatic heterocycles. The highest BCUT2D eigenvalue weighted by atomic mass is 19.1. The molecule has 0 radical (unpaired) electrons. The molecule has 1 aliphatic rings. The van der Waals surface area contributed by atoms with Crippen LogP contribution >= 0.6 is 0 Å². The van der Waals surface area contributed by atoms with Gasteiger partial charge in [-0.1, -0.05) is 13.8 Å². The molecular weight excluding hydrogens is 153 g/mol. The second-order valence-electron chi connectivity index (χ2n) is 2.99. The summed E-state index contributed by atoms with van der Waals surface area (Å²) in [5, 5.41) is 0. The summed E-state index contributed by atoms with van der Waals surface area (Å²) >= 11 is 0. The molecule has 1 rings (SSSR count). The van der Waals surface area contributed by atoms with E-state index in [2.05, 4.69) is 18.7 Å². The van der Waals surface area contributed by atoms with Crippen molar-refractivity contribution in [2.75, 3.05) is 13.1 Å². The first-order valence-corrected chi connectivity index (χ1v) is 4.78. The summed E-state index contributed by atoms with van der Waals surface area (Å²) in [5.74, 6) is 0.0527. The van der Waals surface area contributed by atoms with Crippen LogP contribution in [0.5, 0.6) is 0 Å². The molecule has 1 nitrogen and oxygen atoms in total. The summed E-state index contributed by atoms with van der Waals surface area (Å²) in [7, 11) is 0. The van der Waals surface area contributed by atoms with Gasteiger partial charge in [0, 0.05) is 25.6 Å². The molecule has 0 spiro atoms. The summed E-state index contributed by atoms with van der Waals surface area (Å²) in [4.78, 5) is 2.25. The van der Waals surface area contributed by atoms with Crippen LogP contribution in [-0.4, -0.2) is 24.0 Å². The van der Waals surface area contributed by atoms with Crippen molar-refractivity contribution >= 4 is 0 Å². The topological polar surface area (TPSA) is 3.24 Å². The first-order chi connectivity index (χ1) is 5.70. The molecule has 1 heterocycles. The van der Waals surface area contributed by atoms with Gasteiger partial charge in [-0.3, -0.25) is 4.90 Å². The summed E-state index contributed by atoms with van der Waals surface area (Å²) in [5.41, 5.74) is 0. The van der Waals surface area contributed by atoms with E-state index in [-0.39, 0.29) is 5.83 Å². The molecule has 2 heteroatoms. The fraction of sp³-hybridized carbons (Fsp3) is 0.800. The normalized spacial score (nSPS) is 18.3.